The summed E-state index contributed by atoms with van der Waals surface area (Å²) in [4.78, 5) is 0.753. The standard InChI is InChI=1S/C19H22N2O2S/c1-13-2-4-14(5-3-13)24(22,23)15-6-7-18-17(12-15)16-8-10-20-11-9-19(16)21-18/h2-7,12,16,19-21H,8-11H2,1H3/t16-,19-/m0/s1. The van der Waals surface area contributed by atoms with E-state index in [1.165, 1.54) is 0 Å². The Hall–Kier alpha value is -1.85. The molecule has 0 aromatic heterocycles. The van der Waals surface area contributed by atoms with Crippen LogP contribution in [0.2, 0.25) is 0 Å². The van der Waals surface area contributed by atoms with Gasteiger partial charge in [0.05, 0.1) is 9.79 Å². The van der Waals surface area contributed by atoms with Crippen molar-refractivity contribution in [2.24, 2.45) is 0 Å². The van der Waals surface area contributed by atoms with Crippen molar-refractivity contribution in [2.75, 3.05) is 18.4 Å². The molecule has 0 aliphatic carbocycles. The molecule has 2 aliphatic rings. The van der Waals surface area contributed by atoms with Crippen molar-refractivity contribution in [1.82, 2.24) is 5.32 Å². The van der Waals surface area contributed by atoms with Crippen molar-refractivity contribution in [3.8, 4) is 0 Å². The van der Waals surface area contributed by atoms with Crippen molar-refractivity contribution in [2.45, 2.75) is 41.5 Å². The van der Waals surface area contributed by atoms with Crippen LogP contribution in [0.3, 0.4) is 0 Å². The Morgan fingerprint density at radius 1 is 0.958 bits per heavy atom. The molecular formula is C19H22N2O2S. The zero-order valence-corrected chi connectivity index (χ0v) is 14.6. The molecule has 4 rings (SSSR count). The Kier molecular flexibility index (Phi) is 3.85. The van der Waals surface area contributed by atoms with Gasteiger partial charge in [-0.15, -0.1) is 0 Å². The Bertz CT molecular complexity index is 859. The maximum absolute atomic E-state index is 12.9. The smallest absolute Gasteiger partial charge is 0.206 e. The van der Waals surface area contributed by atoms with Gasteiger partial charge in [-0.1, -0.05) is 17.7 Å². The average Bonchev–Trinajstić information content (AvgIpc) is 2.75. The molecule has 126 valence electrons. The van der Waals surface area contributed by atoms with E-state index in [2.05, 4.69) is 10.6 Å². The van der Waals surface area contributed by atoms with E-state index < -0.39 is 9.84 Å². The lowest BCUT2D eigenvalue weighted by Gasteiger charge is -2.16. The summed E-state index contributed by atoms with van der Waals surface area (Å²) in [6.45, 7) is 3.95. The van der Waals surface area contributed by atoms with Crippen LogP contribution in [0.25, 0.3) is 0 Å². The van der Waals surface area contributed by atoms with Crippen LogP contribution >= 0.6 is 0 Å². The molecule has 2 aliphatic heterocycles. The Morgan fingerprint density at radius 3 is 2.46 bits per heavy atom. The first-order chi connectivity index (χ1) is 11.6. The molecule has 0 saturated carbocycles. The fourth-order valence-corrected chi connectivity index (χ4v) is 5.08. The average molecular weight is 342 g/mol. The zero-order valence-electron chi connectivity index (χ0n) is 13.7. The number of rotatable bonds is 2. The highest BCUT2D eigenvalue weighted by atomic mass is 32.2. The molecule has 2 N–H and O–H groups in total. The molecule has 2 aromatic carbocycles. The molecule has 0 spiro atoms. The van der Waals surface area contributed by atoms with Gasteiger partial charge in [0, 0.05) is 17.6 Å². The zero-order chi connectivity index (χ0) is 16.7. The van der Waals surface area contributed by atoms with Gasteiger partial charge in [0.15, 0.2) is 0 Å². The van der Waals surface area contributed by atoms with E-state index in [9.17, 15) is 8.42 Å². The first-order valence-corrected chi connectivity index (χ1v) is 9.97. The van der Waals surface area contributed by atoms with Crippen LogP contribution in [0, 0.1) is 6.92 Å². The second kappa shape index (κ2) is 5.90. The molecule has 2 atom stereocenters. The third-order valence-electron chi connectivity index (χ3n) is 5.15. The number of fused-ring (bicyclic) bond motifs is 3. The second-order valence-corrected chi connectivity index (χ2v) is 8.70. The molecule has 5 heteroatoms. The largest absolute Gasteiger partial charge is 0.381 e. The van der Waals surface area contributed by atoms with Gasteiger partial charge in [0.1, 0.15) is 0 Å². The quantitative estimate of drug-likeness (QED) is 0.880. The van der Waals surface area contributed by atoms with Crippen molar-refractivity contribution in [3.63, 3.8) is 0 Å². The van der Waals surface area contributed by atoms with E-state index in [-0.39, 0.29) is 0 Å². The van der Waals surface area contributed by atoms with E-state index in [1.807, 2.05) is 31.2 Å². The minimum atomic E-state index is -3.47. The number of hydrogen-bond donors (Lipinski definition) is 2. The minimum Gasteiger partial charge on any atom is -0.381 e. The van der Waals surface area contributed by atoms with Gasteiger partial charge in [-0.2, -0.15) is 0 Å². The van der Waals surface area contributed by atoms with E-state index in [1.54, 1.807) is 18.2 Å². The normalized spacial score (nSPS) is 23.0. The molecule has 0 radical (unpaired) electrons. The second-order valence-electron chi connectivity index (χ2n) is 6.75. The van der Waals surface area contributed by atoms with Gasteiger partial charge in [-0.05, 0) is 68.8 Å². The lowest BCUT2D eigenvalue weighted by molar-refractivity contribution is 0.576. The number of benzene rings is 2. The molecule has 1 saturated heterocycles. The minimum absolute atomic E-state index is 0.359. The number of sulfone groups is 1. The predicted molar refractivity (Wildman–Crippen MR) is 95.3 cm³/mol. The van der Waals surface area contributed by atoms with Crippen molar-refractivity contribution >= 4 is 15.5 Å². The van der Waals surface area contributed by atoms with Crippen molar-refractivity contribution in [3.05, 3.63) is 53.6 Å². The summed E-state index contributed by atoms with van der Waals surface area (Å²) in [7, 11) is -3.47. The van der Waals surface area contributed by atoms with Gasteiger partial charge < -0.3 is 10.6 Å². The summed E-state index contributed by atoms with van der Waals surface area (Å²) in [6, 6.07) is 13.0. The number of aryl methyl sites for hydroxylation is 1. The van der Waals surface area contributed by atoms with Crippen LogP contribution < -0.4 is 10.6 Å². The first kappa shape index (κ1) is 15.7. The molecule has 2 heterocycles. The molecule has 0 amide bonds. The van der Waals surface area contributed by atoms with Crippen LogP contribution in [0.5, 0.6) is 0 Å². The van der Waals surface area contributed by atoms with Crippen LogP contribution in [0.15, 0.2) is 52.3 Å². The summed E-state index contributed by atoms with van der Waals surface area (Å²) in [5.41, 5.74) is 3.30. The lowest BCUT2D eigenvalue weighted by atomic mass is 9.91. The van der Waals surface area contributed by atoms with Gasteiger partial charge in [0.2, 0.25) is 9.84 Å². The molecular weight excluding hydrogens is 320 g/mol. The van der Waals surface area contributed by atoms with Gasteiger partial charge >= 0.3 is 0 Å². The lowest BCUT2D eigenvalue weighted by Crippen LogP contribution is -2.21. The first-order valence-electron chi connectivity index (χ1n) is 8.49. The molecule has 1 fully saturated rings. The third-order valence-corrected chi connectivity index (χ3v) is 6.92. The maximum atomic E-state index is 12.9. The van der Waals surface area contributed by atoms with E-state index >= 15 is 0 Å². The summed E-state index contributed by atoms with van der Waals surface area (Å²) in [5.74, 6) is 0.392. The number of anilines is 1. The molecule has 4 nitrogen and oxygen atoms in total. The third kappa shape index (κ3) is 2.62. The number of nitrogens with one attached hydrogen (secondary N) is 2. The molecule has 2 aromatic rings. The van der Waals surface area contributed by atoms with Crippen LogP contribution in [-0.2, 0) is 9.84 Å². The van der Waals surface area contributed by atoms with E-state index in [4.69, 9.17) is 0 Å². The van der Waals surface area contributed by atoms with Crippen LogP contribution in [0.4, 0.5) is 5.69 Å². The summed E-state index contributed by atoms with van der Waals surface area (Å²) in [6.07, 6.45) is 2.11. The van der Waals surface area contributed by atoms with Crippen LogP contribution in [-0.4, -0.2) is 27.5 Å². The number of hydrogen-bond acceptors (Lipinski definition) is 4. The summed E-state index contributed by atoms with van der Waals surface area (Å²) in [5, 5.41) is 6.99. The molecule has 0 bridgehead atoms. The highest BCUT2D eigenvalue weighted by Crippen LogP contribution is 2.41. The summed E-state index contributed by atoms with van der Waals surface area (Å²) >= 11 is 0. The highest BCUT2D eigenvalue weighted by Gasteiger charge is 2.33. The predicted octanol–water partition coefficient (Wildman–Crippen LogP) is 3.09. The Morgan fingerprint density at radius 2 is 1.67 bits per heavy atom. The SMILES string of the molecule is Cc1ccc(S(=O)(=O)c2ccc3c(c2)[C@@H]2CCNCC[C@@H]2N3)cc1. The van der Waals surface area contributed by atoms with Gasteiger partial charge in [-0.25, -0.2) is 8.42 Å². The topological polar surface area (TPSA) is 58.2 Å². The van der Waals surface area contributed by atoms with E-state index in [0.717, 1.165) is 42.7 Å². The Balaban J connectivity index is 1.73. The maximum Gasteiger partial charge on any atom is 0.206 e. The Labute approximate surface area is 143 Å². The van der Waals surface area contributed by atoms with E-state index in [0.29, 0.717) is 21.8 Å². The fourth-order valence-electron chi connectivity index (χ4n) is 3.79. The highest BCUT2D eigenvalue weighted by molar-refractivity contribution is 7.91. The molecule has 24 heavy (non-hydrogen) atoms. The van der Waals surface area contributed by atoms with Gasteiger partial charge in [-0.3, -0.25) is 0 Å². The van der Waals surface area contributed by atoms with Crippen LogP contribution in [0.1, 0.15) is 29.9 Å². The monoisotopic (exact) mass is 342 g/mol. The fraction of sp³-hybridized carbons (Fsp3) is 0.368. The van der Waals surface area contributed by atoms with Gasteiger partial charge in [0.25, 0.3) is 0 Å². The van der Waals surface area contributed by atoms with Crippen molar-refractivity contribution < 1.29 is 8.42 Å². The van der Waals surface area contributed by atoms with Crippen molar-refractivity contribution in [1.29, 1.82) is 0 Å². The summed E-state index contributed by atoms with van der Waals surface area (Å²) < 4.78 is 25.9. The molecule has 0 unspecified atom stereocenters.